The second-order valence-corrected chi connectivity index (χ2v) is 8.25. The molecule has 142 valence electrons. The summed E-state index contributed by atoms with van der Waals surface area (Å²) in [4.78, 5) is 33.9. The lowest BCUT2D eigenvalue weighted by atomic mass is 9.94. The van der Waals surface area contributed by atoms with Crippen molar-refractivity contribution in [1.29, 1.82) is 0 Å². The molecule has 0 radical (unpaired) electrons. The summed E-state index contributed by atoms with van der Waals surface area (Å²) >= 11 is 1.58. The number of thiazole rings is 1. The number of nitrogens with zero attached hydrogens (tertiary/aromatic N) is 3. The smallest absolute Gasteiger partial charge is 0.227 e. The van der Waals surface area contributed by atoms with E-state index >= 15 is 0 Å². The molecule has 3 saturated heterocycles. The molecule has 3 fully saturated rings. The Morgan fingerprint density at radius 1 is 1.19 bits per heavy atom. The van der Waals surface area contributed by atoms with E-state index in [4.69, 9.17) is 0 Å². The van der Waals surface area contributed by atoms with Gasteiger partial charge in [0.15, 0.2) is 5.78 Å². The maximum absolute atomic E-state index is 12.9. The number of Topliss-reactive ketones (excluding diaryl/α,β-unsaturated/α-hetero) is 1. The zero-order valence-electron chi connectivity index (χ0n) is 15.4. The van der Waals surface area contributed by atoms with E-state index in [1.54, 1.807) is 11.3 Å². The average molecular weight is 384 g/mol. The Bertz CT molecular complexity index is 778. The van der Waals surface area contributed by atoms with E-state index in [0.717, 1.165) is 50.2 Å². The lowest BCUT2D eigenvalue weighted by molar-refractivity contribution is -0.140. The maximum atomic E-state index is 12.9. The molecule has 2 aromatic rings. The summed E-state index contributed by atoms with van der Waals surface area (Å²) in [5, 5.41) is 2.03. The first kappa shape index (κ1) is 18.3. The van der Waals surface area contributed by atoms with Crippen LogP contribution in [0, 0.1) is 5.92 Å². The van der Waals surface area contributed by atoms with Crippen LogP contribution in [0.1, 0.15) is 41.7 Å². The molecule has 4 heterocycles. The van der Waals surface area contributed by atoms with Gasteiger partial charge in [-0.1, -0.05) is 30.3 Å². The number of ketones is 1. The minimum absolute atomic E-state index is 0.0900. The number of piperidine rings is 1. The fourth-order valence-electron chi connectivity index (χ4n) is 4.24. The zero-order valence-corrected chi connectivity index (χ0v) is 16.2. The first-order valence-corrected chi connectivity index (χ1v) is 10.6. The molecule has 6 heteroatoms. The molecule has 3 aliphatic heterocycles. The summed E-state index contributed by atoms with van der Waals surface area (Å²) in [5.41, 5.74) is 3.60. The highest BCUT2D eigenvalue weighted by molar-refractivity contribution is 7.07. The van der Waals surface area contributed by atoms with Crippen molar-refractivity contribution in [2.75, 3.05) is 19.6 Å². The third-order valence-electron chi connectivity index (χ3n) is 5.66. The molecule has 0 spiro atoms. The molecule has 1 aromatic carbocycles. The Labute approximate surface area is 164 Å². The number of hydrogen-bond acceptors (Lipinski definition) is 5. The van der Waals surface area contributed by atoms with Crippen molar-refractivity contribution in [2.45, 2.75) is 38.3 Å². The minimum atomic E-state index is 0.0900. The van der Waals surface area contributed by atoms with Crippen molar-refractivity contribution in [3.63, 3.8) is 0 Å². The SMILES string of the molecule is O=C(CCCN1C[C@@H]2CC[C@H](C1)N(Cc1cscn1)C2=O)c1ccccc1. The van der Waals surface area contributed by atoms with Gasteiger partial charge >= 0.3 is 0 Å². The number of amides is 1. The summed E-state index contributed by atoms with van der Waals surface area (Å²) in [6, 6.07) is 9.76. The van der Waals surface area contributed by atoms with E-state index in [1.807, 2.05) is 46.1 Å². The third-order valence-corrected chi connectivity index (χ3v) is 6.29. The quantitative estimate of drug-likeness (QED) is 0.689. The predicted octanol–water partition coefficient (Wildman–Crippen LogP) is 3.23. The highest BCUT2D eigenvalue weighted by Gasteiger charge is 2.40. The van der Waals surface area contributed by atoms with Crippen molar-refractivity contribution in [2.24, 2.45) is 5.92 Å². The van der Waals surface area contributed by atoms with Crippen LogP contribution in [0.5, 0.6) is 0 Å². The largest absolute Gasteiger partial charge is 0.332 e. The van der Waals surface area contributed by atoms with Gasteiger partial charge in [-0.15, -0.1) is 11.3 Å². The lowest BCUT2D eigenvalue weighted by Crippen LogP contribution is -2.47. The topological polar surface area (TPSA) is 53.5 Å². The molecular formula is C21H25N3O2S. The molecule has 27 heavy (non-hydrogen) atoms. The van der Waals surface area contributed by atoms with Crippen LogP contribution in [-0.4, -0.2) is 52.2 Å². The van der Waals surface area contributed by atoms with Crippen molar-refractivity contribution >= 4 is 23.0 Å². The average Bonchev–Trinajstić information content (AvgIpc) is 3.07. The molecule has 2 bridgehead atoms. The van der Waals surface area contributed by atoms with E-state index in [-0.39, 0.29) is 23.7 Å². The van der Waals surface area contributed by atoms with E-state index < -0.39 is 0 Å². The van der Waals surface area contributed by atoms with Crippen LogP contribution < -0.4 is 0 Å². The van der Waals surface area contributed by atoms with Crippen molar-refractivity contribution in [1.82, 2.24) is 14.8 Å². The molecule has 0 N–H and O–H groups in total. The molecule has 2 atom stereocenters. The molecule has 0 saturated carbocycles. The van der Waals surface area contributed by atoms with Crippen LogP contribution in [0.2, 0.25) is 0 Å². The van der Waals surface area contributed by atoms with E-state index in [9.17, 15) is 9.59 Å². The van der Waals surface area contributed by atoms with Gasteiger partial charge in [-0.2, -0.15) is 0 Å². The lowest BCUT2D eigenvalue weighted by Gasteiger charge is -2.35. The Hall–Kier alpha value is -2.05. The van der Waals surface area contributed by atoms with Crippen LogP contribution >= 0.6 is 11.3 Å². The highest BCUT2D eigenvalue weighted by Crippen LogP contribution is 2.30. The molecule has 5 rings (SSSR count). The maximum Gasteiger partial charge on any atom is 0.227 e. The van der Waals surface area contributed by atoms with E-state index in [2.05, 4.69) is 9.88 Å². The Morgan fingerprint density at radius 3 is 2.81 bits per heavy atom. The monoisotopic (exact) mass is 383 g/mol. The van der Waals surface area contributed by atoms with Gasteiger partial charge in [0.05, 0.1) is 23.7 Å². The van der Waals surface area contributed by atoms with Gasteiger partial charge in [-0.05, 0) is 25.8 Å². The van der Waals surface area contributed by atoms with Gasteiger partial charge in [-0.25, -0.2) is 4.98 Å². The zero-order chi connectivity index (χ0) is 18.6. The Morgan fingerprint density at radius 2 is 2.04 bits per heavy atom. The molecule has 1 aromatic heterocycles. The first-order valence-electron chi connectivity index (χ1n) is 9.69. The second kappa shape index (κ2) is 8.31. The second-order valence-electron chi connectivity index (χ2n) is 7.53. The predicted molar refractivity (Wildman–Crippen MR) is 106 cm³/mol. The Balaban J connectivity index is 1.33. The number of fused-ring (bicyclic) bond motifs is 4. The molecule has 3 aliphatic rings. The van der Waals surface area contributed by atoms with Gasteiger partial charge in [0.1, 0.15) is 0 Å². The van der Waals surface area contributed by atoms with Crippen LogP contribution in [0.3, 0.4) is 0 Å². The fraction of sp³-hybridized carbons (Fsp3) is 0.476. The number of rotatable bonds is 7. The Kier molecular flexibility index (Phi) is 5.64. The van der Waals surface area contributed by atoms with Crippen LogP contribution in [0.25, 0.3) is 0 Å². The van der Waals surface area contributed by atoms with Gasteiger partial charge < -0.3 is 9.80 Å². The van der Waals surface area contributed by atoms with Crippen LogP contribution in [0.15, 0.2) is 41.2 Å². The highest BCUT2D eigenvalue weighted by atomic mass is 32.1. The molecule has 5 nitrogen and oxygen atoms in total. The van der Waals surface area contributed by atoms with Gasteiger partial charge in [0, 0.05) is 36.5 Å². The summed E-state index contributed by atoms with van der Waals surface area (Å²) in [5.74, 6) is 0.573. The van der Waals surface area contributed by atoms with Crippen LogP contribution in [0.4, 0.5) is 0 Å². The fourth-order valence-corrected chi connectivity index (χ4v) is 4.79. The standard InChI is InChI=1S/C21H25N3O2S/c25-20(16-5-2-1-3-6-16)7-4-10-23-11-17-8-9-19(13-23)24(21(17)26)12-18-14-27-15-22-18/h1-3,5-6,14-15,17,19H,4,7-13H2/t17-,19+/m0/s1. The van der Waals surface area contributed by atoms with E-state index in [1.165, 1.54) is 0 Å². The summed E-state index contributed by atoms with van der Waals surface area (Å²) in [6.45, 7) is 3.24. The molecule has 0 unspecified atom stereocenters. The first-order chi connectivity index (χ1) is 13.2. The van der Waals surface area contributed by atoms with E-state index in [0.29, 0.717) is 13.0 Å². The molecule has 0 aliphatic carbocycles. The number of carbonyl (C=O) groups excluding carboxylic acids is 2. The number of benzene rings is 1. The third kappa shape index (κ3) is 4.28. The number of hydrogen-bond donors (Lipinski definition) is 0. The van der Waals surface area contributed by atoms with Gasteiger partial charge in [-0.3, -0.25) is 9.59 Å². The van der Waals surface area contributed by atoms with Crippen molar-refractivity contribution in [3.8, 4) is 0 Å². The summed E-state index contributed by atoms with van der Waals surface area (Å²) in [7, 11) is 0. The normalized spacial score (nSPS) is 22.8. The van der Waals surface area contributed by atoms with Gasteiger partial charge in [0.2, 0.25) is 5.91 Å². The molecule has 1 amide bonds. The van der Waals surface area contributed by atoms with Crippen molar-refractivity contribution in [3.05, 3.63) is 52.5 Å². The van der Waals surface area contributed by atoms with Crippen LogP contribution in [-0.2, 0) is 11.3 Å². The molecular weight excluding hydrogens is 358 g/mol. The van der Waals surface area contributed by atoms with Crippen molar-refractivity contribution < 1.29 is 9.59 Å². The minimum Gasteiger partial charge on any atom is -0.332 e. The summed E-state index contributed by atoms with van der Waals surface area (Å²) < 4.78 is 0. The number of aromatic nitrogens is 1. The number of carbonyl (C=O) groups is 2. The van der Waals surface area contributed by atoms with Gasteiger partial charge in [0.25, 0.3) is 0 Å². The summed E-state index contributed by atoms with van der Waals surface area (Å²) in [6.07, 6.45) is 3.45.